The molecule has 8 heavy (non-hydrogen) atoms. The first-order valence-electron chi connectivity index (χ1n) is 2.52. The SMILES string of the molecule is O=[C]CC=CCCO. The van der Waals surface area contributed by atoms with Gasteiger partial charge in [0.2, 0.25) is 6.29 Å². The van der Waals surface area contributed by atoms with Crippen molar-refractivity contribution in [2.75, 3.05) is 6.61 Å². The van der Waals surface area contributed by atoms with Crippen LogP contribution >= 0.6 is 0 Å². The first-order valence-corrected chi connectivity index (χ1v) is 2.52. The van der Waals surface area contributed by atoms with Crippen LogP contribution in [-0.2, 0) is 4.79 Å². The molecule has 0 heterocycles. The van der Waals surface area contributed by atoms with Crippen molar-refractivity contribution >= 4 is 6.29 Å². The van der Waals surface area contributed by atoms with Gasteiger partial charge in [-0.05, 0) is 6.42 Å². The summed E-state index contributed by atoms with van der Waals surface area (Å²) in [5.74, 6) is 0. The molecule has 0 aliphatic carbocycles. The predicted octanol–water partition coefficient (Wildman–Crippen LogP) is 0.425. The zero-order valence-corrected chi connectivity index (χ0v) is 4.63. The fraction of sp³-hybridized carbons (Fsp3) is 0.500. The highest BCUT2D eigenvalue weighted by Gasteiger charge is 1.73. The molecule has 0 aromatic heterocycles. The molecule has 0 saturated heterocycles. The molecule has 0 aliphatic rings. The molecule has 1 radical (unpaired) electrons. The summed E-state index contributed by atoms with van der Waals surface area (Å²) in [4.78, 5) is 9.53. The molecule has 2 nitrogen and oxygen atoms in total. The topological polar surface area (TPSA) is 37.3 Å². The molecule has 0 spiro atoms. The van der Waals surface area contributed by atoms with Crippen molar-refractivity contribution in [2.24, 2.45) is 0 Å². The highest BCUT2D eigenvalue weighted by Crippen LogP contribution is 1.81. The molecule has 0 rings (SSSR count). The van der Waals surface area contributed by atoms with E-state index in [1.165, 1.54) is 0 Å². The summed E-state index contributed by atoms with van der Waals surface area (Å²) in [6.07, 6.45) is 6.11. The monoisotopic (exact) mass is 113 g/mol. The molecule has 1 N–H and O–H groups in total. The minimum absolute atomic E-state index is 0.148. The van der Waals surface area contributed by atoms with Gasteiger partial charge in [-0.1, -0.05) is 12.2 Å². The van der Waals surface area contributed by atoms with Gasteiger partial charge in [-0.2, -0.15) is 0 Å². The van der Waals surface area contributed by atoms with Crippen LogP contribution in [0.4, 0.5) is 0 Å². The minimum Gasteiger partial charge on any atom is -0.396 e. The summed E-state index contributed by atoms with van der Waals surface area (Å²) < 4.78 is 0. The molecule has 45 valence electrons. The molecule has 0 unspecified atom stereocenters. The summed E-state index contributed by atoms with van der Waals surface area (Å²) in [5, 5.41) is 8.22. The largest absolute Gasteiger partial charge is 0.396 e. The van der Waals surface area contributed by atoms with Crippen LogP contribution in [0.1, 0.15) is 12.8 Å². The number of carbonyl (C=O) groups excluding carboxylic acids is 1. The van der Waals surface area contributed by atoms with Crippen LogP contribution in [0, 0.1) is 0 Å². The minimum atomic E-state index is 0.148. The Morgan fingerprint density at radius 2 is 2.25 bits per heavy atom. The molecular formula is C6H9O2. The quantitative estimate of drug-likeness (QED) is 0.536. The molecule has 0 aliphatic heterocycles. The number of rotatable bonds is 4. The lowest BCUT2D eigenvalue weighted by Crippen LogP contribution is -1.75. The Morgan fingerprint density at radius 3 is 2.75 bits per heavy atom. The van der Waals surface area contributed by atoms with Gasteiger partial charge in [0.15, 0.2) is 0 Å². The van der Waals surface area contributed by atoms with Gasteiger partial charge in [0.25, 0.3) is 0 Å². The van der Waals surface area contributed by atoms with E-state index in [2.05, 4.69) is 0 Å². The fourth-order valence-corrected chi connectivity index (χ4v) is 0.324. The third-order valence-corrected chi connectivity index (χ3v) is 0.664. The Morgan fingerprint density at radius 1 is 1.50 bits per heavy atom. The van der Waals surface area contributed by atoms with Gasteiger partial charge in [0.1, 0.15) is 0 Å². The van der Waals surface area contributed by atoms with Gasteiger partial charge >= 0.3 is 0 Å². The lowest BCUT2D eigenvalue weighted by molar-refractivity contribution is 0.302. The summed E-state index contributed by atoms with van der Waals surface area (Å²) in [6.45, 7) is 0.148. The molecular weight excluding hydrogens is 104 g/mol. The van der Waals surface area contributed by atoms with Gasteiger partial charge in [-0.15, -0.1) is 0 Å². The van der Waals surface area contributed by atoms with Crippen LogP contribution in [0.3, 0.4) is 0 Å². The molecule has 0 amide bonds. The van der Waals surface area contributed by atoms with Crippen LogP contribution in [-0.4, -0.2) is 18.0 Å². The smallest absolute Gasteiger partial charge is 0.202 e. The Kier molecular flexibility index (Phi) is 5.87. The molecule has 0 aromatic rings. The second-order valence-electron chi connectivity index (χ2n) is 1.33. The third-order valence-electron chi connectivity index (χ3n) is 0.664. The summed E-state index contributed by atoms with van der Waals surface area (Å²) in [5.41, 5.74) is 0. The molecule has 0 bridgehead atoms. The Balaban J connectivity index is 2.94. The maximum absolute atomic E-state index is 9.53. The van der Waals surface area contributed by atoms with E-state index >= 15 is 0 Å². The van der Waals surface area contributed by atoms with E-state index in [1.54, 1.807) is 18.4 Å². The van der Waals surface area contributed by atoms with Crippen molar-refractivity contribution in [2.45, 2.75) is 12.8 Å². The van der Waals surface area contributed by atoms with Crippen LogP contribution in [0.2, 0.25) is 0 Å². The van der Waals surface area contributed by atoms with Gasteiger partial charge < -0.3 is 5.11 Å². The van der Waals surface area contributed by atoms with Crippen molar-refractivity contribution in [1.82, 2.24) is 0 Å². The Bertz CT molecular complexity index is 76.6. The standard InChI is InChI=1S/C6H9O2/c7-5-3-1-2-4-6-8/h1-2,7H,3-5H2. The average Bonchev–Trinajstić information content (AvgIpc) is 1.81. The fourth-order valence-electron chi connectivity index (χ4n) is 0.324. The van der Waals surface area contributed by atoms with E-state index < -0.39 is 0 Å². The van der Waals surface area contributed by atoms with Crippen molar-refractivity contribution in [3.8, 4) is 0 Å². The first kappa shape index (κ1) is 7.37. The van der Waals surface area contributed by atoms with Crippen molar-refractivity contribution < 1.29 is 9.90 Å². The zero-order valence-electron chi connectivity index (χ0n) is 4.63. The van der Waals surface area contributed by atoms with Gasteiger partial charge in [0.05, 0.1) is 0 Å². The van der Waals surface area contributed by atoms with Gasteiger partial charge in [0, 0.05) is 13.0 Å². The second kappa shape index (κ2) is 6.37. The highest BCUT2D eigenvalue weighted by atomic mass is 16.2. The van der Waals surface area contributed by atoms with Crippen LogP contribution in [0.5, 0.6) is 0 Å². The number of aliphatic hydroxyl groups excluding tert-OH is 1. The molecule has 0 aromatic carbocycles. The maximum Gasteiger partial charge on any atom is 0.202 e. The number of allylic oxidation sites excluding steroid dienone is 1. The maximum atomic E-state index is 9.53. The first-order chi connectivity index (χ1) is 3.91. The average molecular weight is 113 g/mol. The predicted molar refractivity (Wildman–Crippen MR) is 31.2 cm³/mol. The van der Waals surface area contributed by atoms with Crippen LogP contribution in [0.15, 0.2) is 12.2 Å². The molecule has 0 saturated carbocycles. The van der Waals surface area contributed by atoms with Gasteiger partial charge in [-0.25, -0.2) is 0 Å². The van der Waals surface area contributed by atoms with E-state index in [9.17, 15) is 4.79 Å². The summed E-state index contributed by atoms with van der Waals surface area (Å²) >= 11 is 0. The van der Waals surface area contributed by atoms with E-state index in [0.29, 0.717) is 12.8 Å². The Hall–Kier alpha value is -0.630. The molecule has 2 heteroatoms. The summed E-state index contributed by atoms with van der Waals surface area (Å²) in [7, 11) is 0. The van der Waals surface area contributed by atoms with Crippen molar-refractivity contribution in [1.29, 1.82) is 0 Å². The number of aliphatic hydroxyl groups is 1. The van der Waals surface area contributed by atoms with Crippen molar-refractivity contribution in [3.05, 3.63) is 12.2 Å². The molecule has 0 fully saturated rings. The number of hydrogen-bond acceptors (Lipinski definition) is 2. The van der Waals surface area contributed by atoms with Crippen molar-refractivity contribution in [3.63, 3.8) is 0 Å². The van der Waals surface area contributed by atoms with E-state index in [1.807, 2.05) is 0 Å². The van der Waals surface area contributed by atoms with Crippen LogP contribution in [0.25, 0.3) is 0 Å². The number of hydrogen-bond donors (Lipinski definition) is 1. The second-order valence-corrected chi connectivity index (χ2v) is 1.33. The Labute approximate surface area is 48.8 Å². The zero-order chi connectivity index (χ0) is 6.24. The van der Waals surface area contributed by atoms with Gasteiger partial charge in [-0.3, -0.25) is 4.79 Å². The normalized spacial score (nSPS) is 10.1. The van der Waals surface area contributed by atoms with Crippen LogP contribution < -0.4 is 0 Å². The lowest BCUT2D eigenvalue weighted by atomic mass is 10.3. The van der Waals surface area contributed by atoms with E-state index in [-0.39, 0.29) is 6.61 Å². The highest BCUT2D eigenvalue weighted by molar-refractivity contribution is 5.52. The summed E-state index contributed by atoms with van der Waals surface area (Å²) in [6, 6.07) is 0. The van der Waals surface area contributed by atoms with E-state index in [4.69, 9.17) is 5.11 Å². The third kappa shape index (κ3) is 5.37. The lowest BCUT2D eigenvalue weighted by Gasteiger charge is -1.79. The molecule has 0 atom stereocenters. The van der Waals surface area contributed by atoms with E-state index in [0.717, 1.165) is 0 Å².